The van der Waals surface area contributed by atoms with E-state index in [4.69, 9.17) is 0 Å². The van der Waals surface area contributed by atoms with Crippen LogP contribution in [0.1, 0.15) is 59.8 Å². The van der Waals surface area contributed by atoms with Crippen LogP contribution in [0.15, 0.2) is 0 Å². The number of rotatable bonds is 4. The van der Waals surface area contributed by atoms with E-state index < -0.39 is 14.8 Å². The summed E-state index contributed by atoms with van der Waals surface area (Å²) in [6.07, 6.45) is 5.25. The Balaban J connectivity index is 2.21. The summed E-state index contributed by atoms with van der Waals surface area (Å²) in [4.78, 5) is 0. The number of hydrogen-bond acceptors (Lipinski definition) is 3. The highest BCUT2D eigenvalue weighted by Gasteiger charge is 2.43. The minimum Gasteiger partial charge on any atom is -0.311 e. The van der Waals surface area contributed by atoms with E-state index in [1.807, 2.05) is 0 Å². The van der Waals surface area contributed by atoms with E-state index in [9.17, 15) is 8.42 Å². The molecule has 0 aromatic carbocycles. The third-order valence-corrected chi connectivity index (χ3v) is 7.03. The molecule has 2 bridgehead atoms. The summed E-state index contributed by atoms with van der Waals surface area (Å²) in [6, 6.07) is 1.25. The Bertz CT molecular complexity index is 402. The molecule has 4 nitrogen and oxygen atoms in total. The Morgan fingerprint density at radius 3 is 2.11 bits per heavy atom. The molecule has 112 valence electrons. The van der Waals surface area contributed by atoms with Crippen LogP contribution in [0.25, 0.3) is 0 Å². The molecule has 0 spiro atoms. The first kappa shape index (κ1) is 15.3. The second kappa shape index (κ2) is 5.34. The molecular formula is C14H28N2O2S. The molecule has 2 fully saturated rings. The molecule has 0 radical (unpaired) electrons. The van der Waals surface area contributed by atoms with Crippen LogP contribution in [0.2, 0.25) is 0 Å². The monoisotopic (exact) mass is 288 g/mol. The van der Waals surface area contributed by atoms with Crippen LogP contribution in [-0.2, 0) is 10.0 Å². The normalized spacial score (nSPS) is 31.9. The standard InChI is InChI=1S/C14H28N2O2S/c1-5-8-16(19(17,18)14(2,3)4)13-9-11-6-7-12(10-13)15-11/h11-13,15H,5-10H2,1-4H3. The number of fused-ring (bicyclic) bond motifs is 2. The highest BCUT2D eigenvalue weighted by molar-refractivity contribution is 7.90. The van der Waals surface area contributed by atoms with Crippen molar-refractivity contribution in [3.8, 4) is 0 Å². The minimum atomic E-state index is -3.21. The largest absolute Gasteiger partial charge is 0.311 e. The number of nitrogens with one attached hydrogen (secondary N) is 1. The molecule has 19 heavy (non-hydrogen) atoms. The second-order valence-corrected chi connectivity index (χ2v) is 9.64. The van der Waals surface area contributed by atoms with Gasteiger partial charge in [0.25, 0.3) is 0 Å². The SMILES string of the molecule is CCCN(C1CC2CCC(C1)N2)S(=O)(=O)C(C)(C)C. The highest BCUT2D eigenvalue weighted by atomic mass is 32.2. The van der Waals surface area contributed by atoms with E-state index in [2.05, 4.69) is 12.2 Å². The molecule has 2 unspecified atom stereocenters. The molecule has 2 rings (SSSR count). The maximum absolute atomic E-state index is 12.8. The zero-order chi connectivity index (χ0) is 14.3. The lowest BCUT2D eigenvalue weighted by atomic mass is 10.00. The first-order valence-electron chi connectivity index (χ1n) is 7.53. The quantitative estimate of drug-likeness (QED) is 0.862. The van der Waals surface area contributed by atoms with Crippen molar-refractivity contribution in [2.45, 2.75) is 82.7 Å². The van der Waals surface area contributed by atoms with Gasteiger partial charge in [-0.3, -0.25) is 0 Å². The van der Waals surface area contributed by atoms with Crippen LogP contribution in [0.3, 0.4) is 0 Å². The van der Waals surface area contributed by atoms with Gasteiger partial charge in [0.05, 0.1) is 4.75 Å². The molecule has 2 saturated heterocycles. The van der Waals surface area contributed by atoms with Crippen LogP contribution < -0.4 is 5.32 Å². The van der Waals surface area contributed by atoms with Crippen molar-refractivity contribution in [2.75, 3.05) is 6.54 Å². The predicted molar refractivity (Wildman–Crippen MR) is 78.6 cm³/mol. The van der Waals surface area contributed by atoms with Crippen molar-refractivity contribution in [1.82, 2.24) is 9.62 Å². The predicted octanol–water partition coefficient (Wildman–Crippen LogP) is 2.11. The third kappa shape index (κ3) is 2.98. The van der Waals surface area contributed by atoms with Crippen LogP contribution in [0, 0.1) is 0 Å². The molecule has 0 aliphatic carbocycles. The molecule has 2 atom stereocenters. The first-order valence-corrected chi connectivity index (χ1v) is 8.97. The molecule has 0 aromatic heterocycles. The van der Waals surface area contributed by atoms with Gasteiger partial charge in [0.15, 0.2) is 0 Å². The van der Waals surface area contributed by atoms with Gasteiger partial charge in [0.1, 0.15) is 0 Å². The fourth-order valence-corrected chi connectivity index (χ4v) is 5.02. The van der Waals surface area contributed by atoms with Gasteiger partial charge in [-0.1, -0.05) is 6.92 Å². The summed E-state index contributed by atoms with van der Waals surface area (Å²) in [5, 5.41) is 3.59. The molecular weight excluding hydrogens is 260 g/mol. The lowest BCUT2D eigenvalue weighted by Gasteiger charge is -2.39. The van der Waals surface area contributed by atoms with Crippen LogP contribution >= 0.6 is 0 Å². The van der Waals surface area contributed by atoms with Gasteiger partial charge < -0.3 is 5.32 Å². The van der Waals surface area contributed by atoms with Gasteiger partial charge in [-0.2, -0.15) is 4.31 Å². The molecule has 0 saturated carbocycles. The van der Waals surface area contributed by atoms with E-state index in [1.54, 1.807) is 25.1 Å². The van der Waals surface area contributed by atoms with E-state index in [-0.39, 0.29) is 6.04 Å². The fraction of sp³-hybridized carbons (Fsp3) is 1.00. The summed E-state index contributed by atoms with van der Waals surface area (Å²) < 4.78 is 26.7. The average molecular weight is 288 g/mol. The molecule has 0 aromatic rings. The van der Waals surface area contributed by atoms with Gasteiger partial charge in [0, 0.05) is 24.7 Å². The van der Waals surface area contributed by atoms with Crippen LogP contribution in [0.4, 0.5) is 0 Å². The zero-order valence-electron chi connectivity index (χ0n) is 12.6. The van der Waals surface area contributed by atoms with E-state index in [1.165, 1.54) is 12.8 Å². The van der Waals surface area contributed by atoms with Crippen molar-refractivity contribution in [1.29, 1.82) is 0 Å². The number of nitrogens with zero attached hydrogens (tertiary/aromatic N) is 1. The molecule has 1 N–H and O–H groups in total. The summed E-state index contributed by atoms with van der Waals surface area (Å²) in [5.41, 5.74) is 0. The summed E-state index contributed by atoms with van der Waals surface area (Å²) >= 11 is 0. The molecule has 2 aliphatic rings. The Labute approximate surface area is 118 Å². The average Bonchev–Trinajstić information content (AvgIpc) is 2.63. The Morgan fingerprint density at radius 1 is 1.16 bits per heavy atom. The number of piperidine rings is 1. The van der Waals surface area contributed by atoms with Crippen LogP contribution in [0.5, 0.6) is 0 Å². The molecule has 0 amide bonds. The summed E-state index contributed by atoms with van der Waals surface area (Å²) in [5.74, 6) is 0. The smallest absolute Gasteiger partial charge is 0.219 e. The van der Waals surface area contributed by atoms with Gasteiger partial charge in [0.2, 0.25) is 10.0 Å². The Hall–Kier alpha value is -0.130. The maximum Gasteiger partial charge on any atom is 0.219 e. The zero-order valence-corrected chi connectivity index (χ0v) is 13.5. The van der Waals surface area contributed by atoms with Gasteiger partial charge in [-0.25, -0.2) is 8.42 Å². The van der Waals surface area contributed by atoms with E-state index in [0.29, 0.717) is 18.6 Å². The number of sulfonamides is 1. The minimum absolute atomic E-state index is 0.197. The van der Waals surface area contributed by atoms with E-state index in [0.717, 1.165) is 19.3 Å². The fourth-order valence-electron chi connectivity index (χ4n) is 3.33. The van der Waals surface area contributed by atoms with Crippen molar-refractivity contribution in [3.63, 3.8) is 0 Å². The molecule has 5 heteroatoms. The molecule has 2 aliphatic heterocycles. The van der Waals surface area contributed by atoms with Crippen molar-refractivity contribution >= 4 is 10.0 Å². The van der Waals surface area contributed by atoms with Gasteiger partial charge >= 0.3 is 0 Å². The van der Waals surface area contributed by atoms with Crippen molar-refractivity contribution < 1.29 is 8.42 Å². The lowest BCUT2D eigenvalue weighted by molar-refractivity contribution is 0.222. The molecule has 2 heterocycles. The Kier molecular flexibility index (Phi) is 4.29. The summed E-state index contributed by atoms with van der Waals surface area (Å²) in [6.45, 7) is 8.13. The third-order valence-electron chi connectivity index (χ3n) is 4.38. The van der Waals surface area contributed by atoms with Crippen molar-refractivity contribution in [3.05, 3.63) is 0 Å². The van der Waals surface area contributed by atoms with Gasteiger partial charge in [-0.05, 0) is 52.9 Å². The topological polar surface area (TPSA) is 49.4 Å². The first-order chi connectivity index (χ1) is 8.75. The second-order valence-electron chi connectivity index (χ2n) is 6.99. The van der Waals surface area contributed by atoms with Crippen molar-refractivity contribution in [2.24, 2.45) is 0 Å². The lowest BCUT2D eigenvalue weighted by Crippen LogP contribution is -2.54. The Morgan fingerprint density at radius 2 is 1.68 bits per heavy atom. The highest BCUT2D eigenvalue weighted by Crippen LogP contribution is 2.33. The van der Waals surface area contributed by atoms with Crippen LogP contribution in [-0.4, -0.2) is 42.1 Å². The summed E-state index contributed by atoms with van der Waals surface area (Å²) in [7, 11) is -3.21. The maximum atomic E-state index is 12.8. The van der Waals surface area contributed by atoms with Gasteiger partial charge in [-0.15, -0.1) is 0 Å². The van der Waals surface area contributed by atoms with E-state index >= 15 is 0 Å². The number of hydrogen-bond donors (Lipinski definition) is 1.